The van der Waals surface area contributed by atoms with Crippen molar-refractivity contribution in [2.45, 2.75) is 18.2 Å². The van der Waals surface area contributed by atoms with Gasteiger partial charge in [-0.2, -0.15) is 11.8 Å². The lowest BCUT2D eigenvalue weighted by molar-refractivity contribution is -0.140. The van der Waals surface area contributed by atoms with E-state index in [2.05, 4.69) is 5.32 Å². The number of carboxylic acid groups (broad SMARTS) is 1. The van der Waals surface area contributed by atoms with Crippen molar-refractivity contribution in [2.75, 3.05) is 6.26 Å². The molecule has 7 heteroatoms. The molecule has 0 aliphatic heterocycles. The van der Waals surface area contributed by atoms with Crippen LogP contribution in [-0.2, 0) is 15.3 Å². The number of benzene rings is 1. The minimum Gasteiger partial charge on any atom is -0.480 e. The van der Waals surface area contributed by atoms with Crippen molar-refractivity contribution in [3.8, 4) is 0 Å². The van der Waals surface area contributed by atoms with E-state index in [4.69, 9.17) is 10.8 Å². The van der Waals surface area contributed by atoms with Gasteiger partial charge in [-0.05, 0) is 24.0 Å². The first-order chi connectivity index (χ1) is 9.43. The number of aliphatic carboxylic acids is 1. The van der Waals surface area contributed by atoms with Gasteiger partial charge in [0.05, 0.1) is 6.42 Å². The molecule has 20 heavy (non-hydrogen) atoms. The van der Waals surface area contributed by atoms with Crippen LogP contribution in [0.3, 0.4) is 0 Å². The number of amides is 2. The molecule has 0 spiro atoms. The Morgan fingerprint density at radius 2 is 2.10 bits per heavy atom. The zero-order valence-electron chi connectivity index (χ0n) is 11.0. The monoisotopic (exact) mass is 296 g/mol. The largest absolute Gasteiger partial charge is 0.480 e. The van der Waals surface area contributed by atoms with Gasteiger partial charge in [0.25, 0.3) is 5.91 Å². The molecule has 1 rings (SSSR count). The topological polar surface area (TPSA) is 109 Å². The molecule has 4 N–H and O–H groups in total. The van der Waals surface area contributed by atoms with E-state index in [9.17, 15) is 14.4 Å². The second-order valence-corrected chi connectivity index (χ2v) is 5.03. The minimum absolute atomic E-state index is 0.354. The maximum Gasteiger partial charge on any atom is 0.326 e. The number of carbonyl (C=O) groups excluding carboxylic acids is 2. The highest BCUT2D eigenvalue weighted by atomic mass is 32.2. The Morgan fingerprint density at radius 1 is 1.40 bits per heavy atom. The summed E-state index contributed by atoms with van der Waals surface area (Å²) in [5.41, 5.74) is 6.27. The fourth-order valence-corrected chi connectivity index (χ4v) is 2.12. The van der Waals surface area contributed by atoms with Crippen LogP contribution in [0.25, 0.3) is 0 Å². The number of primary amides is 1. The quantitative estimate of drug-likeness (QED) is 0.683. The number of carbonyl (C=O) groups is 3. The van der Waals surface area contributed by atoms with E-state index in [1.54, 1.807) is 30.0 Å². The fraction of sp³-hybridized carbons (Fsp3) is 0.308. The Balaban J connectivity index is 2.80. The van der Waals surface area contributed by atoms with Gasteiger partial charge >= 0.3 is 5.97 Å². The normalized spacial score (nSPS) is 11.7. The minimum atomic E-state index is -1.32. The van der Waals surface area contributed by atoms with Crippen molar-refractivity contribution in [3.63, 3.8) is 0 Å². The number of thioether (sulfide) groups is 1. The maximum absolute atomic E-state index is 12.0. The molecule has 0 fully saturated rings. The summed E-state index contributed by atoms with van der Waals surface area (Å²) in [7, 11) is 0. The first kappa shape index (κ1) is 16.0. The summed E-state index contributed by atoms with van der Waals surface area (Å²) in [6.45, 7) is 0. The van der Waals surface area contributed by atoms with Gasteiger partial charge in [-0.25, -0.2) is 4.79 Å². The summed E-state index contributed by atoms with van der Waals surface area (Å²) in [4.78, 5) is 33.7. The average molecular weight is 296 g/mol. The van der Waals surface area contributed by atoms with Gasteiger partial charge < -0.3 is 16.2 Å². The molecule has 0 heterocycles. The van der Waals surface area contributed by atoms with Crippen LogP contribution in [-0.4, -0.2) is 35.2 Å². The zero-order chi connectivity index (χ0) is 15.1. The van der Waals surface area contributed by atoms with Crippen LogP contribution in [0.15, 0.2) is 24.3 Å². The third-order valence-corrected chi connectivity index (χ3v) is 3.13. The van der Waals surface area contributed by atoms with E-state index in [1.165, 1.54) is 0 Å². The predicted octanol–water partition coefficient (Wildman–Crippen LogP) is 0.608. The lowest BCUT2D eigenvalue weighted by Gasteiger charge is -2.13. The molecule has 1 aromatic rings. The summed E-state index contributed by atoms with van der Waals surface area (Å²) in [5, 5.41) is 11.2. The molecule has 1 atom stereocenters. The molecule has 0 saturated carbocycles. The van der Waals surface area contributed by atoms with Crippen molar-refractivity contribution in [1.29, 1.82) is 0 Å². The van der Waals surface area contributed by atoms with Gasteiger partial charge in [0.2, 0.25) is 5.91 Å². The molecule has 6 nitrogen and oxygen atoms in total. The number of nitrogens with one attached hydrogen (secondary N) is 1. The highest BCUT2D eigenvalue weighted by Gasteiger charge is 2.22. The molecule has 1 aromatic carbocycles. The maximum atomic E-state index is 12.0. The van der Waals surface area contributed by atoms with E-state index in [0.717, 1.165) is 11.3 Å². The van der Waals surface area contributed by atoms with E-state index < -0.39 is 30.2 Å². The van der Waals surface area contributed by atoms with Crippen LogP contribution >= 0.6 is 11.8 Å². The molecule has 0 unspecified atom stereocenters. The predicted molar refractivity (Wildman–Crippen MR) is 76.4 cm³/mol. The molecule has 0 aliphatic rings. The third kappa shape index (κ3) is 4.93. The third-order valence-electron chi connectivity index (χ3n) is 2.51. The molecule has 0 bridgehead atoms. The van der Waals surface area contributed by atoms with Crippen molar-refractivity contribution < 1.29 is 19.5 Å². The molecule has 108 valence electrons. The van der Waals surface area contributed by atoms with Crippen LogP contribution in [0.5, 0.6) is 0 Å². The Hall–Kier alpha value is -2.02. The first-order valence-corrected chi connectivity index (χ1v) is 7.23. The Kier molecular flexibility index (Phi) is 6.05. The Morgan fingerprint density at radius 3 is 2.65 bits per heavy atom. The van der Waals surface area contributed by atoms with Crippen molar-refractivity contribution in [1.82, 2.24) is 5.32 Å². The molecule has 2 amide bonds. The summed E-state index contributed by atoms with van der Waals surface area (Å²) in [6.07, 6.45) is 1.51. The van der Waals surface area contributed by atoms with Crippen molar-refractivity contribution >= 4 is 29.5 Å². The van der Waals surface area contributed by atoms with E-state index in [0.29, 0.717) is 5.56 Å². The van der Waals surface area contributed by atoms with Crippen LogP contribution < -0.4 is 11.1 Å². The van der Waals surface area contributed by atoms with E-state index >= 15 is 0 Å². The van der Waals surface area contributed by atoms with Crippen molar-refractivity contribution in [2.24, 2.45) is 5.73 Å². The lowest BCUT2D eigenvalue weighted by Crippen LogP contribution is -2.43. The molecule has 0 aromatic heterocycles. The van der Waals surface area contributed by atoms with Gasteiger partial charge in [-0.15, -0.1) is 0 Å². The molecular formula is C13H16N2O4S. The lowest BCUT2D eigenvalue weighted by atomic mass is 10.1. The van der Waals surface area contributed by atoms with E-state index in [-0.39, 0.29) is 0 Å². The zero-order valence-corrected chi connectivity index (χ0v) is 11.8. The number of hydrogen-bond acceptors (Lipinski definition) is 4. The highest BCUT2D eigenvalue weighted by Crippen LogP contribution is 2.11. The standard InChI is InChI=1S/C13H16N2O4S/c1-20-7-8-3-2-4-9(5-8)12(17)15-10(13(18)19)6-11(14)16/h2-5,10H,6-7H2,1H3,(H2,14,16)(H,15,17)(H,18,19)/t10-/m1/s1. The average Bonchev–Trinajstić information content (AvgIpc) is 2.38. The van der Waals surface area contributed by atoms with Gasteiger partial charge in [-0.3, -0.25) is 9.59 Å². The van der Waals surface area contributed by atoms with Crippen LogP contribution in [0.4, 0.5) is 0 Å². The summed E-state index contributed by atoms with van der Waals surface area (Å²) < 4.78 is 0. The van der Waals surface area contributed by atoms with Crippen molar-refractivity contribution in [3.05, 3.63) is 35.4 Å². The number of nitrogens with two attached hydrogens (primary N) is 1. The first-order valence-electron chi connectivity index (χ1n) is 5.84. The van der Waals surface area contributed by atoms with Gasteiger partial charge in [-0.1, -0.05) is 12.1 Å². The number of rotatable bonds is 7. The van der Waals surface area contributed by atoms with Crippen LogP contribution in [0.1, 0.15) is 22.3 Å². The molecule has 0 radical (unpaired) electrons. The van der Waals surface area contributed by atoms with Gasteiger partial charge in [0, 0.05) is 11.3 Å². The van der Waals surface area contributed by atoms with Gasteiger partial charge in [0.1, 0.15) is 6.04 Å². The molecule has 0 saturated heterocycles. The second kappa shape index (κ2) is 7.54. The molecule has 0 aliphatic carbocycles. The number of hydrogen-bond donors (Lipinski definition) is 3. The summed E-state index contributed by atoms with van der Waals surface area (Å²) in [6, 6.07) is 5.57. The Labute approximate surface area is 120 Å². The SMILES string of the molecule is CSCc1cccc(C(=O)N[C@H](CC(N)=O)C(=O)O)c1. The Bertz CT molecular complexity index is 519. The smallest absolute Gasteiger partial charge is 0.326 e. The number of carboxylic acids is 1. The van der Waals surface area contributed by atoms with Crippen LogP contribution in [0, 0.1) is 0 Å². The molecular weight excluding hydrogens is 280 g/mol. The summed E-state index contributed by atoms with van der Waals surface area (Å²) in [5.74, 6) is -1.86. The fourth-order valence-electron chi connectivity index (χ4n) is 1.61. The summed E-state index contributed by atoms with van der Waals surface area (Å²) >= 11 is 1.62. The van der Waals surface area contributed by atoms with Gasteiger partial charge in [0.15, 0.2) is 0 Å². The highest BCUT2D eigenvalue weighted by molar-refractivity contribution is 7.97. The van der Waals surface area contributed by atoms with E-state index in [1.807, 2.05) is 12.3 Å². The van der Waals surface area contributed by atoms with Crippen LogP contribution in [0.2, 0.25) is 0 Å². The second-order valence-electron chi connectivity index (χ2n) is 4.17.